The highest BCUT2D eigenvalue weighted by Gasteiger charge is 2.60. The van der Waals surface area contributed by atoms with E-state index in [4.69, 9.17) is 4.74 Å². The van der Waals surface area contributed by atoms with E-state index >= 15 is 0 Å². The zero-order chi connectivity index (χ0) is 22.3. The van der Waals surface area contributed by atoms with Crippen LogP contribution in [0.4, 0.5) is 5.69 Å². The van der Waals surface area contributed by atoms with Gasteiger partial charge in [0, 0.05) is 25.3 Å². The maximum atomic E-state index is 14.2. The van der Waals surface area contributed by atoms with Crippen LogP contribution >= 0.6 is 0 Å². The van der Waals surface area contributed by atoms with E-state index in [2.05, 4.69) is 42.3 Å². The largest absolute Gasteiger partial charge is 0.494 e. The van der Waals surface area contributed by atoms with E-state index in [-0.39, 0.29) is 24.4 Å². The second kappa shape index (κ2) is 8.24. The van der Waals surface area contributed by atoms with Gasteiger partial charge in [0.15, 0.2) is 0 Å². The molecule has 32 heavy (non-hydrogen) atoms. The Morgan fingerprint density at radius 3 is 2.84 bits per heavy atom. The lowest BCUT2D eigenvalue weighted by molar-refractivity contribution is -0.127. The van der Waals surface area contributed by atoms with Gasteiger partial charge in [0.1, 0.15) is 12.3 Å². The first kappa shape index (κ1) is 21.0. The quantitative estimate of drug-likeness (QED) is 0.790. The Morgan fingerprint density at radius 1 is 1.16 bits per heavy atom. The molecule has 1 saturated heterocycles. The minimum absolute atomic E-state index is 0.0356. The Kier molecular flexibility index (Phi) is 5.41. The Labute approximate surface area is 189 Å². The van der Waals surface area contributed by atoms with Gasteiger partial charge in [-0.25, -0.2) is 0 Å². The molecule has 0 aromatic heterocycles. The van der Waals surface area contributed by atoms with Crippen LogP contribution in [0, 0.1) is 5.92 Å². The highest BCUT2D eigenvalue weighted by Crippen LogP contribution is 2.56. The molecule has 168 valence electrons. The number of rotatable bonds is 2. The summed E-state index contributed by atoms with van der Waals surface area (Å²) in [7, 11) is 0. The second-order valence-corrected chi connectivity index (χ2v) is 9.55. The van der Waals surface area contributed by atoms with Gasteiger partial charge in [0.2, 0.25) is 11.8 Å². The zero-order valence-corrected chi connectivity index (χ0v) is 18.8. The number of hydrogen-bond donors (Lipinski definition) is 1. The van der Waals surface area contributed by atoms with E-state index in [0.717, 1.165) is 42.1 Å². The lowest BCUT2D eigenvalue weighted by Crippen LogP contribution is -2.47. The number of amides is 2. The molecular formula is C26H31N3O3. The van der Waals surface area contributed by atoms with Crippen molar-refractivity contribution in [2.24, 2.45) is 5.92 Å². The van der Waals surface area contributed by atoms with Crippen molar-refractivity contribution in [3.63, 3.8) is 0 Å². The third-order valence-corrected chi connectivity index (χ3v) is 6.91. The molecule has 1 fully saturated rings. The summed E-state index contributed by atoms with van der Waals surface area (Å²) >= 11 is 0. The minimum atomic E-state index is -0.700. The van der Waals surface area contributed by atoms with Crippen molar-refractivity contribution in [3.05, 3.63) is 59.7 Å². The first-order valence-corrected chi connectivity index (χ1v) is 11.7. The van der Waals surface area contributed by atoms with Gasteiger partial charge in [-0.05, 0) is 48.1 Å². The van der Waals surface area contributed by atoms with Gasteiger partial charge >= 0.3 is 0 Å². The molecule has 1 N–H and O–H groups in total. The molecule has 3 heterocycles. The summed E-state index contributed by atoms with van der Waals surface area (Å²) in [6.07, 6.45) is 1.46. The number of hydrogen-bond acceptors (Lipinski definition) is 4. The maximum Gasteiger partial charge on any atom is 0.240 e. The number of carbonyl (C=O) groups is 2. The molecule has 4 bridgehead atoms. The van der Waals surface area contributed by atoms with Crippen molar-refractivity contribution in [3.8, 4) is 5.75 Å². The van der Waals surface area contributed by atoms with Crippen molar-refractivity contribution in [1.29, 1.82) is 0 Å². The standard InChI is InChI=1S/C26H31N3O3/c1-18(2)16-28-13-11-26-21-9-3-4-10-22(21)29(25(26)31)17-23(30)27-12-6-14-32-20-8-5-7-19(15-20)24(26)28/h3-5,7-10,15,18,24H,6,11-14,16-17H2,1-2H3,(H,27,30)/t24-,26+/m0/s1. The Balaban J connectivity index is 1.70. The number of carbonyl (C=O) groups excluding carboxylic acids is 2. The van der Waals surface area contributed by atoms with Gasteiger partial charge in [-0.15, -0.1) is 0 Å². The third kappa shape index (κ3) is 3.37. The van der Waals surface area contributed by atoms with Crippen LogP contribution in [0.5, 0.6) is 5.75 Å². The number of nitrogens with zero attached hydrogens (tertiary/aromatic N) is 2. The van der Waals surface area contributed by atoms with Gasteiger partial charge in [-0.3, -0.25) is 14.5 Å². The smallest absolute Gasteiger partial charge is 0.240 e. The topological polar surface area (TPSA) is 61.9 Å². The first-order chi connectivity index (χ1) is 15.5. The van der Waals surface area contributed by atoms with Crippen molar-refractivity contribution >= 4 is 17.5 Å². The molecule has 3 aliphatic rings. The fraction of sp³-hybridized carbons (Fsp3) is 0.462. The van der Waals surface area contributed by atoms with E-state index in [1.54, 1.807) is 4.90 Å². The van der Waals surface area contributed by atoms with Crippen molar-refractivity contribution < 1.29 is 14.3 Å². The van der Waals surface area contributed by atoms with Gasteiger partial charge in [-0.2, -0.15) is 0 Å². The number of benzene rings is 2. The summed E-state index contributed by atoms with van der Waals surface area (Å²) in [5.74, 6) is 1.20. The lowest BCUT2D eigenvalue weighted by atomic mass is 9.72. The molecule has 1 spiro atoms. The van der Waals surface area contributed by atoms with E-state index in [1.807, 2.05) is 30.3 Å². The van der Waals surface area contributed by atoms with Crippen LogP contribution in [-0.2, 0) is 15.0 Å². The molecule has 6 heteroatoms. The average Bonchev–Trinajstić information content (AvgIpc) is 3.25. The van der Waals surface area contributed by atoms with Crippen molar-refractivity contribution in [2.45, 2.75) is 38.1 Å². The lowest BCUT2D eigenvalue weighted by Gasteiger charge is -2.36. The number of likely N-dealkylation sites (tertiary alicyclic amines) is 1. The molecule has 0 radical (unpaired) electrons. The van der Waals surface area contributed by atoms with Crippen molar-refractivity contribution in [1.82, 2.24) is 10.2 Å². The summed E-state index contributed by atoms with van der Waals surface area (Å²) in [6.45, 7) is 7.30. The first-order valence-electron chi connectivity index (χ1n) is 11.7. The predicted molar refractivity (Wildman–Crippen MR) is 124 cm³/mol. The van der Waals surface area contributed by atoms with Crippen LogP contribution in [0.15, 0.2) is 48.5 Å². The van der Waals surface area contributed by atoms with E-state index < -0.39 is 5.41 Å². The molecular weight excluding hydrogens is 402 g/mol. The van der Waals surface area contributed by atoms with Gasteiger partial charge < -0.3 is 15.0 Å². The summed E-state index contributed by atoms with van der Waals surface area (Å²) < 4.78 is 6.00. The van der Waals surface area contributed by atoms with E-state index in [0.29, 0.717) is 25.5 Å². The summed E-state index contributed by atoms with van der Waals surface area (Å²) in [4.78, 5) is 31.1. The number of fused-ring (bicyclic) bond motifs is 6. The van der Waals surface area contributed by atoms with Crippen LogP contribution < -0.4 is 15.0 Å². The molecule has 0 saturated carbocycles. The fourth-order valence-corrected chi connectivity index (χ4v) is 5.74. The molecule has 3 aliphatic heterocycles. The molecule has 0 aliphatic carbocycles. The SMILES string of the molecule is CC(C)CN1CC[C@]23C(=O)N(CC(=O)NCCCOc4cccc(c4)[C@H]12)c1ccccc13. The van der Waals surface area contributed by atoms with Crippen LogP contribution in [-0.4, -0.2) is 49.5 Å². The molecule has 0 unspecified atom stereocenters. The predicted octanol–water partition coefficient (Wildman–Crippen LogP) is 3.27. The third-order valence-electron chi connectivity index (χ3n) is 6.91. The molecule has 2 amide bonds. The van der Waals surface area contributed by atoms with Crippen LogP contribution in [0.3, 0.4) is 0 Å². The number of para-hydroxylation sites is 1. The highest BCUT2D eigenvalue weighted by molar-refractivity contribution is 6.11. The van der Waals surface area contributed by atoms with Crippen LogP contribution in [0.25, 0.3) is 0 Å². The molecule has 2 aromatic carbocycles. The van der Waals surface area contributed by atoms with Crippen LogP contribution in [0.2, 0.25) is 0 Å². The van der Waals surface area contributed by atoms with Gasteiger partial charge in [-0.1, -0.05) is 44.2 Å². The zero-order valence-electron chi connectivity index (χ0n) is 18.8. The van der Waals surface area contributed by atoms with Crippen LogP contribution in [0.1, 0.15) is 43.9 Å². The normalized spacial score (nSPS) is 25.7. The number of anilines is 1. The highest BCUT2D eigenvalue weighted by atomic mass is 16.5. The summed E-state index contributed by atoms with van der Waals surface area (Å²) in [5, 5.41) is 2.95. The van der Waals surface area contributed by atoms with E-state index in [9.17, 15) is 9.59 Å². The van der Waals surface area contributed by atoms with Gasteiger partial charge in [0.25, 0.3) is 0 Å². The van der Waals surface area contributed by atoms with Crippen molar-refractivity contribution in [2.75, 3.05) is 37.7 Å². The Bertz CT molecular complexity index is 1040. The second-order valence-electron chi connectivity index (χ2n) is 9.55. The molecule has 5 rings (SSSR count). The maximum absolute atomic E-state index is 14.2. The summed E-state index contributed by atoms with van der Waals surface area (Å²) in [5.41, 5.74) is 2.31. The molecule has 6 nitrogen and oxygen atoms in total. The monoisotopic (exact) mass is 433 g/mol. The average molecular weight is 434 g/mol. The Morgan fingerprint density at radius 2 is 2.00 bits per heavy atom. The van der Waals surface area contributed by atoms with E-state index in [1.165, 1.54) is 0 Å². The molecule has 2 atom stereocenters. The minimum Gasteiger partial charge on any atom is -0.494 e. The fourth-order valence-electron chi connectivity index (χ4n) is 5.74. The number of ether oxygens (including phenoxy) is 1. The molecule has 2 aromatic rings. The Hall–Kier alpha value is -2.86. The van der Waals surface area contributed by atoms with Gasteiger partial charge in [0.05, 0.1) is 18.1 Å². The number of nitrogens with one attached hydrogen (secondary N) is 1. The summed E-state index contributed by atoms with van der Waals surface area (Å²) in [6, 6.07) is 16.1.